The third kappa shape index (κ3) is 5.23. The Labute approximate surface area is 319 Å². The smallest absolute Gasteiger partial charge is 0.146 e. The summed E-state index contributed by atoms with van der Waals surface area (Å²) >= 11 is 0. The first-order valence-corrected chi connectivity index (χ1v) is 19.1. The second kappa shape index (κ2) is 12.9. The lowest BCUT2D eigenvalue weighted by Crippen LogP contribution is -2.10. The minimum atomic E-state index is 0.363. The zero-order chi connectivity index (χ0) is 36.3. The van der Waals surface area contributed by atoms with E-state index >= 15 is 0 Å². The summed E-state index contributed by atoms with van der Waals surface area (Å²) < 4.78 is 6.37. The molecule has 3 nitrogen and oxygen atoms in total. The van der Waals surface area contributed by atoms with Crippen molar-refractivity contribution < 1.29 is 4.42 Å². The molecule has 2 heterocycles. The molecular formula is C52H36N2O. The molecule has 1 unspecified atom stereocenters. The summed E-state index contributed by atoms with van der Waals surface area (Å²) in [5, 5.41) is 7.23. The van der Waals surface area contributed by atoms with E-state index in [4.69, 9.17) is 4.42 Å². The number of rotatable bonds is 7. The van der Waals surface area contributed by atoms with Crippen molar-refractivity contribution >= 4 is 60.5 Å². The fourth-order valence-corrected chi connectivity index (χ4v) is 8.99. The van der Waals surface area contributed by atoms with Crippen molar-refractivity contribution in [1.82, 2.24) is 4.98 Å². The van der Waals surface area contributed by atoms with Gasteiger partial charge in [-0.05, 0) is 105 Å². The second-order valence-electron chi connectivity index (χ2n) is 14.6. The molecule has 0 saturated heterocycles. The van der Waals surface area contributed by atoms with Gasteiger partial charge in [0.2, 0.25) is 0 Å². The Bertz CT molecular complexity index is 3050. The number of aryl methyl sites for hydroxylation is 1. The molecule has 260 valence electrons. The van der Waals surface area contributed by atoms with Crippen LogP contribution in [0, 0.1) is 0 Å². The van der Waals surface area contributed by atoms with E-state index in [1.165, 1.54) is 49.4 Å². The normalized spacial score (nSPS) is 13.4. The van der Waals surface area contributed by atoms with Crippen LogP contribution in [0.25, 0.3) is 65.7 Å². The lowest BCUT2D eigenvalue weighted by atomic mass is 9.89. The van der Waals surface area contributed by atoms with Gasteiger partial charge in [-0.1, -0.05) is 133 Å². The number of pyridine rings is 1. The quantitative estimate of drug-likeness (QED) is 0.165. The Kier molecular flexibility index (Phi) is 7.38. The summed E-state index contributed by atoms with van der Waals surface area (Å²) in [6.07, 6.45) is 5.84. The van der Waals surface area contributed by atoms with E-state index in [-0.39, 0.29) is 0 Å². The SMILES string of the molecule is c1ccc(N(c2ccc(-c3cncc4c3oc3ccccc34)cc2)c2cccc3ccc(CCC4c5ccccc5-c5c4ccc4ccccc54)cc23)cc1. The van der Waals surface area contributed by atoms with Crippen molar-refractivity contribution in [3.05, 3.63) is 205 Å². The first-order valence-electron chi connectivity index (χ1n) is 19.1. The van der Waals surface area contributed by atoms with E-state index in [0.717, 1.165) is 63.0 Å². The van der Waals surface area contributed by atoms with E-state index in [9.17, 15) is 0 Å². The van der Waals surface area contributed by atoms with E-state index in [1.807, 2.05) is 30.6 Å². The van der Waals surface area contributed by atoms with Gasteiger partial charge in [0.15, 0.2) is 0 Å². The van der Waals surface area contributed by atoms with Crippen LogP contribution in [0.3, 0.4) is 0 Å². The zero-order valence-corrected chi connectivity index (χ0v) is 30.2. The first-order chi connectivity index (χ1) is 27.3. The molecule has 1 aliphatic rings. The van der Waals surface area contributed by atoms with Gasteiger partial charge < -0.3 is 9.32 Å². The molecule has 0 radical (unpaired) electrons. The number of aromatic nitrogens is 1. The molecule has 11 rings (SSSR count). The molecule has 10 aromatic rings. The van der Waals surface area contributed by atoms with Crippen molar-refractivity contribution in [3.63, 3.8) is 0 Å². The van der Waals surface area contributed by atoms with Gasteiger partial charge in [-0.25, -0.2) is 0 Å². The molecule has 0 aliphatic heterocycles. The molecule has 8 aromatic carbocycles. The van der Waals surface area contributed by atoms with Gasteiger partial charge >= 0.3 is 0 Å². The van der Waals surface area contributed by atoms with Gasteiger partial charge in [0.05, 0.1) is 5.69 Å². The van der Waals surface area contributed by atoms with Crippen LogP contribution in [0.2, 0.25) is 0 Å². The number of benzene rings is 8. The van der Waals surface area contributed by atoms with Gasteiger partial charge in [-0.2, -0.15) is 0 Å². The van der Waals surface area contributed by atoms with Crippen LogP contribution in [0.15, 0.2) is 193 Å². The van der Waals surface area contributed by atoms with Crippen LogP contribution >= 0.6 is 0 Å². The Morgan fingerprint density at radius 2 is 1.24 bits per heavy atom. The molecule has 0 spiro atoms. The summed E-state index contributed by atoms with van der Waals surface area (Å²) in [6.45, 7) is 0. The van der Waals surface area contributed by atoms with Crippen LogP contribution in [-0.4, -0.2) is 4.98 Å². The van der Waals surface area contributed by atoms with Crippen LogP contribution in [0.1, 0.15) is 29.0 Å². The van der Waals surface area contributed by atoms with Crippen molar-refractivity contribution in [2.24, 2.45) is 0 Å². The lowest BCUT2D eigenvalue weighted by Gasteiger charge is -2.27. The van der Waals surface area contributed by atoms with E-state index in [2.05, 4.69) is 168 Å². The van der Waals surface area contributed by atoms with Crippen LogP contribution in [0.5, 0.6) is 0 Å². The maximum atomic E-state index is 6.37. The molecule has 55 heavy (non-hydrogen) atoms. The van der Waals surface area contributed by atoms with E-state index in [1.54, 1.807) is 0 Å². The van der Waals surface area contributed by atoms with Gasteiger partial charge in [-0.3, -0.25) is 4.98 Å². The van der Waals surface area contributed by atoms with E-state index < -0.39 is 0 Å². The highest BCUT2D eigenvalue weighted by molar-refractivity contribution is 6.09. The number of hydrogen-bond donors (Lipinski definition) is 0. The minimum absolute atomic E-state index is 0.363. The molecule has 0 fully saturated rings. The molecule has 0 N–H and O–H groups in total. The van der Waals surface area contributed by atoms with Crippen molar-refractivity contribution in [1.29, 1.82) is 0 Å². The fourth-order valence-electron chi connectivity index (χ4n) is 8.99. The molecule has 1 atom stereocenters. The van der Waals surface area contributed by atoms with Crippen LogP contribution < -0.4 is 4.90 Å². The van der Waals surface area contributed by atoms with Crippen LogP contribution in [-0.2, 0) is 6.42 Å². The number of fused-ring (bicyclic) bond motifs is 9. The van der Waals surface area contributed by atoms with Crippen molar-refractivity contribution in [3.8, 4) is 22.3 Å². The summed E-state index contributed by atoms with van der Waals surface area (Å²) in [5.74, 6) is 0.363. The lowest BCUT2D eigenvalue weighted by molar-refractivity contribution is 0.669. The second-order valence-corrected chi connectivity index (χ2v) is 14.6. The molecule has 3 heteroatoms. The molecule has 0 bridgehead atoms. The van der Waals surface area contributed by atoms with Crippen molar-refractivity contribution in [2.45, 2.75) is 18.8 Å². The van der Waals surface area contributed by atoms with Gasteiger partial charge in [-0.15, -0.1) is 0 Å². The molecular weight excluding hydrogens is 669 g/mol. The molecule has 2 aromatic heterocycles. The zero-order valence-electron chi connectivity index (χ0n) is 30.2. The fraction of sp³-hybridized carbons (Fsp3) is 0.0577. The topological polar surface area (TPSA) is 29.3 Å². The van der Waals surface area contributed by atoms with Crippen molar-refractivity contribution in [2.75, 3.05) is 4.90 Å². The number of furan rings is 1. The Balaban J connectivity index is 0.962. The third-order valence-electron chi connectivity index (χ3n) is 11.6. The summed E-state index contributed by atoms with van der Waals surface area (Å²) in [5.41, 5.74) is 14.2. The number of nitrogens with zero attached hydrogens (tertiary/aromatic N) is 2. The highest BCUT2D eigenvalue weighted by Crippen LogP contribution is 2.50. The van der Waals surface area contributed by atoms with Gasteiger partial charge in [0.1, 0.15) is 11.2 Å². The first kappa shape index (κ1) is 31.5. The Morgan fingerprint density at radius 1 is 0.509 bits per heavy atom. The highest BCUT2D eigenvalue weighted by atomic mass is 16.3. The van der Waals surface area contributed by atoms with Gasteiger partial charge in [0.25, 0.3) is 0 Å². The predicted octanol–water partition coefficient (Wildman–Crippen LogP) is 14.2. The minimum Gasteiger partial charge on any atom is -0.455 e. The predicted molar refractivity (Wildman–Crippen MR) is 229 cm³/mol. The number of para-hydroxylation sites is 2. The summed E-state index contributed by atoms with van der Waals surface area (Å²) in [6, 6.07) is 63.8. The average molecular weight is 705 g/mol. The summed E-state index contributed by atoms with van der Waals surface area (Å²) in [4.78, 5) is 6.99. The monoisotopic (exact) mass is 704 g/mol. The van der Waals surface area contributed by atoms with E-state index in [0.29, 0.717) is 5.92 Å². The summed E-state index contributed by atoms with van der Waals surface area (Å²) in [7, 11) is 0. The Morgan fingerprint density at radius 3 is 2.15 bits per heavy atom. The highest BCUT2D eigenvalue weighted by Gasteiger charge is 2.29. The molecule has 0 amide bonds. The number of hydrogen-bond acceptors (Lipinski definition) is 3. The maximum Gasteiger partial charge on any atom is 0.146 e. The average Bonchev–Trinajstić information content (AvgIpc) is 3.80. The number of anilines is 3. The van der Waals surface area contributed by atoms with Gasteiger partial charge in [0, 0.05) is 51.4 Å². The standard InChI is InChI=1S/C52H36N2O/c1-2-13-38(14-3-1)54(39-27-24-37(25-28-39)47-32-53-33-48-43-17-8-9-20-50(43)55-52(47)48)49-19-10-12-36-23-21-34(31-46(36)49)22-29-42-41-16-6-7-18-44(41)51-40-15-5-4-11-35(40)26-30-45(42)51/h1-21,23-28,30-33,42H,22,29H2. The maximum absolute atomic E-state index is 6.37. The van der Waals surface area contributed by atoms with Crippen LogP contribution in [0.4, 0.5) is 17.1 Å². The largest absolute Gasteiger partial charge is 0.455 e. The third-order valence-corrected chi connectivity index (χ3v) is 11.6. The Hall–Kier alpha value is -6.97. The molecule has 1 aliphatic carbocycles. The molecule has 0 saturated carbocycles.